The lowest BCUT2D eigenvalue weighted by atomic mass is 10.5. The summed E-state index contributed by atoms with van der Waals surface area (Å²) in [4.78, 5) is 0. The molecule has 2 heterocycles. The Bertz CT molecular complexity index is 296. The molecule has 6 heteroatoms. The first kappa shape index (κ1) is 7.38. The number of ether oxygens (including phenoxy) is 1. The molecule has 1 aliphatic rings. The molecule has 6 nitrogen and oxygen atoms in total. The van der Waals surface area contributed by atoms with Crippen LogP contribution in [0, 0.1) is 0 Å². The largest absolute Gasteiger partial charge is 0.394 e. The van der Waals surface area contributed by atoms with Crippen LogP contribution in [-0.2, 0) is 4.74 Å². The van der Waals surface area contributed by atoms with Crippen molar-refractivity contribution in [3.05, 3.63) is 6.20 Å². The lowest BCUT2D eigenvalue weighted by Gasteiger charge is -2.13. The Balaban J connectivity index is 2.36. The molecule has 1 aromatic heterocycles. The van der Waals surface area contributed by atoms with Crippen LogP contribution < -0.4 is 16.8 Å². The van der Waals surface area contributed by atoms with Crippen molar-refractivity contribution in [1.82, 2.24) is 9.78 Å². The number of nitrogens with one attached hydrogen (secondary N) is 1. The van der Waals surface area contributed by atoms with Gasteiger partial charge < -0.3 is 21.5 Å². The standard InChI is InChI=1S/C6H11N5O/c1-12-6-4(8)11-5(10-6)3(7)2-9-11/h2,4,6,10H,7-8H2,1H3. The molecule has 0 aromatic carbocycles. The number of anilines is 2. The van der Waals surface area contributed by atoms with Gasteiger partial charge in [0, 0.05) is 7.11 Å². The third-order valence-corrected chi connectivity index (χ3v) is 1.95. The lowest BCUT2D eigenvalue weighted by Crippen LogP contribution is -2.31. The summed E-state index contributed by atoms with van der Waals surface area (Å²) < 4.78 is 6.68. The van der Waals surface area contributed by atoms with Crippen molar-refractivity contribution in [3.63, 3.8) is 0 Å². The molecule has 66 valence electrons. The number of nitrogen functional groups attached to an aromatic ring is 1. The summed E-state index contributed by atoms with van der Waals surface area (Å²) in [6.07, 6.45) is 1.02. The summed E-state index contributed by atoms with van der Waals surface area (Å²) in [7, 11) is 1.58. The fraction of sp³-hybridized carbons (Fsp3) is 0.500. The van der Waals surface area contributed by atoms with E-state index < -0.39 is 0 Å². The van der Waals surface area contributed by atoms with Crippen LogP contribution in [0.4, 0.5) is 11.5 Å². The van der Waals surface area contributed by atoms with Crippen LogP contribution in [0.15, 0.2) is 6.20 Å². The fourth-order valence-corrected chi connectivity index (χ4v) is 1.30. The van der Waals surface area contributed by atoms with E-state index in [0.717, 1.165) is 5.82 Å². The van der Waals surface area contributed by atoms with Gasteiger partial charge in [-0.2, -0.15) is 5.10 Å². The number of rotatable bonds is 1. The second-order valence-corrected chi connectivity index (χ2v) is 2.68. The molecule has 0 bridgehead atoms. The van der Waals surface area contributed by atoms with Crippen molar-refractivity contribution in [2.45, 2.75) is 12.4 Å². The molecule has 2 atom stereocenters. The molecule has 12 heavy (non-hydrogen) atoms. The number of aromatic nitrogens is 2. The van der Waals surface area contributed by atoms with E-state index in [9.17, 15) is 0 Å². The molecule has 0 saturated carbocycles. The Morgan fingerprint density at radius 3 is 3.08 bits per heavy atom. The summed E-state index contributed by atoms with van der Waals surface area (Å²) in [5.74, 6) is 0.731. The Hall–Kier alpha value is -1.27. The number of hydrogen-bond acceptors (Lipinski definition) is 5. The topological polar surface area (TPSA) is 91.1 Å². The molecule has 5 N–H and O–H groups in total. The van der Waals surface area contributed by atoms with Gasteiger partial charge in [-0.1, -0.05) is 0 Å². The highest BCUT2D eigenvalue weighted by molar-refractivity contribution is 5.62. The van der Waals surface area contributed by atoms with E-state index in [1.807, 2.05) is 0 Å². The Labute approximate surface area is 69.5 Å². The summed E-state index contributed by atoms with van der Waals surface area (Å²) in [5.41, 5.74) is 12.0. The van der Waals surface area contributed by atoms with Gasteiger partial charge in [0.05, 0.1) is 11.9 Å². The Kier molecular flexibility index (Phi) is 1.45. The van der Waals surface area contributed by atoms with Crippen molar-refractivity contribution in [2.24, 2.45) is 5.73 Å². The van der Waals surface area contributed by atoms with Gasteiger partial charge in [0.15, 0.2) is 12.0 Å². The van der Waals surface area contributed by atoms with E-state index >= 15 is 0 Å². The summed E-state index contributed by atoms with van der Waals surface area (Å²) >= 11 is 0. The molecular weight excluding hydrogens is 158 g/mol. The Morgan fingerprint density at radius 2 is 2.50 bits per heavy atom. The molecule has 1 aromatic rings. The maximum absolute atomic E-state index is 5.77. The average Bonchev–Trinajstić information content (AvgIpc) is 2.55. The monoisotopic (exact) mass is 169 g/mol. The molecule has 0 aliphatic carbocycles. The predicted octanol–water partition coefficient (Wildman–Crippen LogP) is -0.679. The predicted molar refractivity (Wildman–Crippen MR) is 44.3 cm³/mol. The average molecular weight is 169 g/mol. The quantitative estimate of drug-likeness (QED) is 0.518. The normalized spacial score (nSPS) is 26.8. The highest BCUT2D eigenvalue weighted by Gasteiger charge is 2.30. The van der Waals surface area contributed by atoms with Crippen LogP contribution in [0.1, 0.15) is 6.17 Å². The minimum atomic E-state index is -0.303. The maximum atomic E-state index is 5.77. The fourth-order valence-electron chi connectivity index (χ4n) is 1.30. The molecule has 2 unspecified atom stereocenters. The molecule has 0 saturated heterocycles. The number of fused-ring (bicyclic) bond motifs is 1. The number of hydrogen-bond donors (Lipinski definition) is 3. The van der Waals surface area contributed by atoms with E-state index in [2.05, 4.69) is 10.4 Å². The molecular formula is C6H11N5O. The zero-order valence-electron chi connectivity index (χ0n) is 6.69. The van der Waals surface area contributed by atoms with Crippen LogP contribution in [0.2, 0.25) is 0 Å². The first-order valence-corrected chi connectivity index (χ1v) is 3.62. The minimum absolute atomic E-state index is 0.240. The van der Waals surface area contributed by atoms with Crippen molar-refractivity contribution >= 4 is 11.5 Å². The van der Waals surface area contributed by atoms with Crippen LogP contribution in [0.5, 0.6) is 0 Å². The van der Waals surface area contributed by atoms with Crippen molar-refractivity contribution < 1.29 is 4.74 Å². The first-order valence-electron chi connectivity index (χ1n) is 3.62. The van der Waals surface area contributed by atoms with E-state index in [1.165, 1.54) is 0 Å². The van der Waals surface area contributed by atoms with E-state index in [4.69, 9.17) is 16.2 Å². The van der Waals surface area contributed by atoms with Gasteiger partial charge in [0.25, 0.3) is 0 Å². The number of methoxy groups -OCH3 is 1. The van der Waals surface area contributed by atoms with Crippen LogP contribution >= 0.6 is 0 Å². The lowest BCUT2D eigenvalue weighted by molar-refractivity contribution is 0.0906. The zero-order chi connectivity index (χ0) is 8.72. The van der Waals surface area contributed by atoms with E-state index in [1.54, 1.807) is 18.0 Å². The summed E-state index contributed by atoms with van der Waals surface area (Å²) in [6.45, 7) is 0. The molecule has 0 radical (unpaired) electrons. The van der Waals surface area contributed by atoms with Gasteiger partial charge in [0.2, 0.25) is 0 Å². The third-order valence-electron chi connectivity index (χ3n) is 1.95. The maximum Gasteiger partial charge on any atom is 0.164 e. The highest BCUT2D eigenvalue weighted by atomic mass is 16.5. The molecule has 0 spiro atoms. The van der Waals surface area contributed by atoms with E-state index in [-0.39, 0.29) is 12.4 Å². The molecule has 0 amide bonds. The van der Waals surface area contributed by atoms with Crippen LogP contribution in [0.25, 0.3) is 0 Å². The first-order chi connectivity index (χ1) is 5.74. The van der Waals surface area contributed by atoms with Crippen LogP contribution in [-0.4, -0.2) is 23.1 Å². The molecule has 1 aliphatic heterocycles. The number of nitrogens with zero attached hydrogens (tertiary/aromatic N) is 2. The van der Waals surface area contributed by atoms with Crippen LogP contribution in [0.3, 0.4) is 0 Å². The highest BCUT2D eigenvalue weighted by Crippen LogP contribution is 2.29. The molecule has 2 rings (SSSR count). The van der Waals surface area contributed by atoms with Crippen molar-refractivity contribution in [2.75, 3.05) is 18.2 Å². The van der Waals surface area contributed by atoms with Crippen molar-refractivity contribution in [3.8, 4) is 0 Å². The Morgan fingerprint density at radius 1 is 1.75 bits per heavy atom. The zero-order valence-corrected chi connectivity index (χ0v) is 6.69. The number of nitrogens with two attached hydrogens (primary N) is 2. The van der Waals surface area contributed by atoms with Crippen molar-refractivity contribution in [1.29, 1.82) is 0 Å². The summed E-state index contributed by atoms with van der Waals surface area (Å²) in [5, 5.41) is 7.01. The van der Waals surface area contributed by atoms with Gasteiger partial charge in [0.1, 0.15) is 6.17 Å². The van der Waals surface area contributed by atoms with Gasteiger partial charge >= 0.3 is 0 Å². The second-order valence-electron chi connectivity index (χ2n) is 2.68. The van der Waals surface area contributed by atoms with Gasteiger partial charge in [-0.25, -0.2) is 4.68 Å². The van der Waals surface area contributed by atoms with E-state index in [0.29, 0.717) is 5.69 Å². The SMILES string of the molecule is COC1Nc2c(N)cnn2C1N. The smallest absolute Gasteiger partial charge is 0.164 e. The minimum Gasteiger partial charge on any atom is -0.394 e. The van der Waals surface area contributed by atoms with Gasteiger partial charge in [-0.3, -0.25) is 0 Å². The van der Waals surface area contributed by atoms with Gasteiger partial charge in [-0.15, -0.1) is 0 Å². The van der Waals surface area contributed by atoms with Gasteiger partial charge in [-0.05, 0) is 0 Å². The molecule has 0 fully saturated rings. The second kappa shape index (κ2) is 2.36. The summed E-state index contributed by atoms with van der Waals surface area (Å²) in [6, 6.07) is 0. The third kappa shape index (κ3) is 0.788.